The minimum atomic E-state index is 0.848. The number of fused-ring (bicyclic) bond motifs is 30. The molecule has 330 valence electrons. The first-order valence-corrected chi connectivity index (χ1v) is 25.5. The number of aromatic nitrogens is 4. The van der Waals surface area contributed by atoms with E-state index in [0.29, 0.717) is 0 Å². The highest BCUT2D eigenvalue weighted by atomic mass is 32.1. The topological polar surface area (TPSA) is 60.9 Å². The number of aryl methyl sites for hydroxylation is 1. The summed E-state index contributed by atoms with van der Waals surface area (Å²) < 4.78 is 23.1. The normalized spacial score (nSPS) is 13.0. The monoisotopic (exact) mass is 942 g/mol. The third kappa shape index (κ3) is 4.80. The highest BCUT2D eigenvalue weighted by molar-refractivity contribution is 7.26. The number of pyridine rings is 2. The molecule has 8 heterocycles. The molecule has 0 amide bonds. The molecule has 0 bridgehead atoms. The van der Waals surface area contributed by atoms with Gasteiger partial charge in [-0.25, -0.2) is 9.97 Å². The molecule has 0 radical (unpaired) electrons. The van der Waals surface area contributed by atoms with Crippen molar-refractivity contribution < 1.29 is 8.83 Å². The van der Waals surface area contributed by atoms with Crippen molar-refractivity contribution in [2.45, 2.75) is 6.92 Å². The Bertz CT molecular complexity index is 5340. The van der Waals surface area contributed by atoms with Crippen LogP contribution in [0.15, 0.2) is 185 Å². The van der Waals surface area contributed by atoms with Gasteiger partial charge in [-0.3, -0.25) is 8.80 Å². The molecular formula is C63H34N4O2S2. The van der Waals surface area contributed by atoms with Crippen LogP contribution in [0.5, 0.6) is 0 Å². The lowest BCUT2D eigenvalue weighted by atomic mass is 9.93. The number of allylic oxidation sites excluding steroid dienone is 2. The molecule has 6 nitrogen and oxygen atoms in total. The molecule has 8 aromatic heterocycles. The molecule has 0 aliphatic rings. The van der Waals surface area contributed by atoms with Crippen molar-refractivity contribution in [1.29, 1.82) is 0 Å². The molecule has 0 spiro atoms. The number of benzene rings is 9. The summed E-state index contributed by atoms with van der Waals surface area (Å²) in [6.45, 7) is 6.76. The van der Waals surface area contributed by atoms with E-state index in [4.69, 9.17) is 18.8 Å². The smallest absolute Gasteiger partial charge is 0.160 e. The van der Waals surface area contributed by atoms with Gasteiger partial charge in [0.05, 0.1) is 33.1 Å². The number of nitrogens with zero attached hydrogens (tertiary/aromatic N) is 4. The van der Waals surface area contributed by atoms with Crippen LogP contribution in [-0.4, -0.2) is 18.8 Å². The number of thiophene rings is 2. The summed E-state index contributed by atoms with van der Waals surface area (Å²) in [5, 5.41) is 16.0. The molecule has 17 aromatic rings. The minimum Gasteiger partial charge on any atom is -0.456 e. The van der Waals surface area contributed by atoms with Gasteiger partial charge in [-0.1, -0.05) is 110 Å². The first-order valence-electron chi connectivity index (χ1n) is 23.8. The van der Waals surface area contributed by atoms with E-state index in [1.165, 1.54) is 40.3 Å². The van der Waals surface area contributed by atoms with E-state index in [-0.39, 0.29) is 0 Å². The van der Waals surface area contributed by atoms with Crippen molar-refractivity contribution in [3.05, 3.63) is 193 Å². The third-order valence-corrected chi connectivity index (χ3v) is 17.6. The van der Waals surface area contributed by atoms with Crippen LogP contribution in [0.3, 0.4) is 0 Å². The van der Waals surface area contributed by atoms with Crippen LogP contribution in [0.4, 0.5) is 0 Å². The predicted octanol–water partition coefficient (Wildman–Crippen LogP) is 18.3. The van der Waals surface area contributed by atoms with Gasteiger partial charge >= 0.3 is 0 Å². The maximum atomic E-state index is 6.86. The van der Waals surface area contributed by atoms with Crippen molar-refractivity contribution in [3.63, 3.8) is 0 Å². The Morgan fingerprint density at radius 1 is 0.493 bits per heavy atom. The van der Waals surface area contributed by atoms with Gasteiger partial charge in [-0.2, -0.15) is 0 Å². The fourth-order valence-corrected chi connectivity index (χ4v) is 14.6. The Labute approximate surface area is 409 Å². The van der Waals surface area contributed by atoms with Gasteiger partial charge in [0, 0.05) is 89.3 Å². The second-order valence-corrected chi connectivity index (χ2v) is 20.9. The molecule has 0 N–H and O–H groups in total. The van der Waals surface area contributed by atoms with E-state index in [2.05, 4.69) is 180 Å². The SMILES string of the molecule is C=C/C(=C\c1nc2c3c(ccc4sc5ccccc5c43)c3ccc4c5ccccc5oc4c3n2c1C)c1cc2c3ccc4oc5ccccc5c4c3n3c4ccccc4nc3c2c2c1sc1ccccc12. The average molecular weight is 943 g/mol. The zero-order valence-electron chi connectivity index (χ0n) is 37.9. The number of rotatable bonds is 3. The molecule has 0 unspecified atom stereocenters. The summed E-state index contributed by atoms with van der Waals surface area (Å²) in [5.41, 5.74) is 13.4. The van der Waals surface area contributed by atoms with Crippen molar-refractivity contribution in [2.24, 2.45) is 0 Å². The van der Waals surface area contributed by atoms with Crippen molar-refractivity contribution in [2.75, 3.05) is 0 Å². The van der Waals surface area contributed by atoms with E-state index in [1.807, 2.05) is 40.9 Å². The Balaban J connectivity index is 1.03. The van der Waals surface area contributed by atoms with Crippen molar-refractivity contribution in [1.82, 2.24) is 18.8 Å². The van der Waals surface area contributed by atoms with Gasteiger partial charge in [0.2, 0.25) is 0 Å². The molecule has 0 saturated carbocycles. The van der Waals surface area contributed by atoms with Crippen LogP contribution in [0.25, 0.3) is 162 Å². The lowest BCUT2D eigenvalue weighted by Gasteiger charge is -2.14. The standard InChI is InChI=1S/C63H34N4O2S2/c1-3-33(30-45-32(2)66-59-36(24-25-38-34-14-4-10-20-47(34)69-60(38)59)35-27-29-52-54(56(35)62(66)65-45)40-16-6-12-22-50(40)70-52)42-31-43-37-26-28-49-53(39-15-5-11-21-48(39)68-49)58(37)67-46-19-9-8-18-44(46)64-63(67)57(43)55-41-17-7-13-23-51(41)71-61(42)55/h3-31H,1H2,2H3/b33-30+. The molecule has 0 fully saturated rings. The fraction of sp³-hybridized carbons (Fsp3) is 0.0159. The van der Waals surface area contributed by atoms with Crippen LogP contribution in [0.2, 0.25) is 0 Å². The molecule has 8 heteroatoms. The molecule has 0 saturated heterocycles. The van der Waals surface area contributed by atoms with Crippen LogP contribution < -0.4 is 0 Å². The number of hydrogen-bond donors (Lipinski definition) is 0. The second-order valence-electron chi connectivity index (χ2n) is 18.8. The van der Waals surface area contributed by atoms with E-state index in [1.54, 1.807) is 0 Å². The summed E-state index contributed by atoms with van der Waals surface area (Å²) in [6.07, 6.45) is 4.27. The first-order chi connectivity index (χ1) is 35.1. The summed E-state index contributed by atoms with van der Waals surface area (Å²) in [6, 6.07) is 58.6. The van der Waals surface area contributed by atoms with Gasteiger partial charge in [-0.15, -0.1) is 22.7 Å². The average Bonchev–Trinajstić information content (AvgIpc) is 4.28. The summed E-state index contributed by atoms with van der Waals surface area (Å²) >= 11 is 3.66. The van der Waals surface area contributed by atoms with E-state index in [0.717, 1.165) is 132 Å². The number of para-hydroxylation sites is 4. The van der Waals surface area contributed by atoms with Crippen molar-refractivity contribution in [3.8, 4) is 0 Å². The quantitative estimate of drug-likeness (QED) is 0.131. The Morgan fingerprint density at radius 3 is 1.99 bits per heavy atom. The van der Waals surface area contributed by atoms with Gasteiger partial charge in [0.25, 0.3) is 0 Å². The fourth-order valence-electron chi connectivity index (χ4n) is 12.2. The molecule has 17 rings (SSSR count). The highest BCUT2D eigenvalue weighted by Crippen LogP contribution is 2.50. The second kappa shape index (κ2) is 13.5. The van der Waals surface area contributed by atoms with Gasteiger partial charge < -0.3 is 8.83 Å². The lowest BCUT2D eigenvalue weighted by molar-refractivity contribution is 0.669. The number of furan rings is 2. The van der Waals surface area contributed by atoms with Crippen LogP contribution in [0, 0.1) is 6.92 Å². The lowest BCUT2D eigenvalue weighted by Crippen LogP contribution is -1.95. The Kier molecular flexibility index (Phi) is 7.23. The number of hydrogen-bond acceptors (Lipinski definition) is 6. The van der Waals surface area contributed by atoms with E-state index < -0.39 is 0 Å². The Hall–Kier alpha value is -8.82. The summed E-state index contributed by atoms with van der Waals surface area (Å²) in [7, 11) is 0. The molecule has 0 aliphatic heterocycles. The molecule has 71 heavy (non-hydrogen) atoms. The van der Waals surface area contributed by atoms with Crippen LogP contribution in [-0.2, 0) is 0 Å². The Morgan fingerprint density at radius 2 is 1.14 bits per heavy atom. The van der Waals surface area contributed by atoms with Gasteiger partial charge in [0.15, 0.2) is 5.58 Å². The molecular weight excluding hydrogens is 909 g/mol. The zero-order chi connectivity index (χ0) is 46.4. The first kappa shape index (κ1) is 38.1. The molecule has 0 atom stereocenters. The van der Waals surface area contributed by atoms with Gasteiger partial charge in [-0.05, 0) is 96.1 Å². The van der Waals surface area contributed by atoms with Crippen molar-refractivity contribution >= 4 is 184 Å². The zero-order valence-corrected chi connectivity index (χ0v) is 39.5. The number of imidazole rings is 2. The molecule has 0 aliphatic carbocycles. The maximum Gasteiger partial charge on any atom is 0.160 e. The maximum absolute atomic E-state index is 6.86. The minimum absolute atomic E-state index is 0.848. The van der Waals surface area contributed by atoms with Gasteiger partial charge in [0.1, 0.15) is 28.0 Å². The van der Waals surface area contributed by atoms with E-state index >= 15 is 0 Å². The summed E-state index contributed by atoms with van der Waals surface area (Å²) in [4.78, 5) is 11.2. The third-order valence-electron chi connectivity index (χ3n) is 15.2. The highest BCUT2D eigenvalue weighted by Gasteiger charge is 2.26. The molecule has 9 aromatic carbocycles. The summed E-state index contributed by atoms with van der Waals surface area (Å²) in [5.74, 6) is 0. The van der Waals surface area contributed by atoms with E-state index in [9.17, 15) is 0 Å². The van der Waals surface area contributed by atoms with Crippen LogP contribution in [0.1, 0.15) is 17.0 Å². The predicted molar refractivity (Wildman–Crippen MR) is 301 cm³/mol. The van der Waals surface area contributed by atoms with Crippen LogP contribution >= 0.6 is 22.7 Å². The largest absolute Gasteiger partial charge is 0.456 e.